The van der Waals surface area contributed by atoms with Crippen molar-refractivity contribution in [1.82, 2.24) is 4.90 Å². The number of hydrogen-bond donors (Lipinski definition) is 0. The van der Waals surface area contributed by atoms with Crippen LogP contribution in [-0.4, -0.2) is 38.3 Å². The Morgan fingerprint density at radius 3 is 2.37 bits per heavy atom. The van der Waals surface area contributed by atoms with Crippen molar-refractivity contribution in [1.29, 1.82) is 0 Å². The molecule has 1 aromatic rings. The number of rotatable bonds is 4. The Morgan fingerprint density at radius 2 is 1.95 bits per heavy atom. The topological polar surface area (TPSA) is 15.6 Å². The van der Waals surface area contributed by atoms with Gasteiger partial charge in [-0.15, -0.1) is 35.4 Å². The summed E-state index contributed by atoms with van der Waals surface area (Å²) in [6.07, 6.45) is 1.90. The third-order valence-corrected chi connectivity index (χ3v) is 2.61. The molecule has 1 aromatic carbocycles. The van der Waals surface area contributed by atoms with E-state index in [0.717, 1.165) is 18.7 Å². The molecule has 1 rings (SSSR count). The van der Waals surface area contributed by atoms with E-state index >= 15 is 0 Å². The summed E-state index contributed by atoms with van der Waals surface area (Å²) in [6.45, 7) is 8.45. The molecule has 0 aliphatic heterocycles. The Hall–Kier alpha value is -0.172. The van der Waals surface area contributed by atoms with Crippen molar-refractivity contribution >= 4 is 15.6 Å². The third kappa shape index (κ3) is 8.57. The first-order chi connectivity index (χ1) is 8.89. The molecule has 4 heteroatoms. The molecule has 2 nitrogen and oxygen atoms in total. The quantitative estimate of drug-likeness (QED) is 0.495. The fraction of sp³-hybridized carbons (Fsp3) is 0.533. The van der Waals surface area contributed by atoms with Crippen LogP contribution in [0.3, 0.4) is 0 Å². The van der Waals surface area contributed by atoms with Crippen molar-refractivity contribution < 1.29 is 18.8 Å². The molecule has 0 radical (unpaired) electrons. The van der Waals surface area contributed by atoms with Crippen LogP contribution in [0.2, 0.25) is 0 Å². The zero-order valence-electron chi connectivity index (χ0n) is 12.3. The molecule has 0 aromatic heterocycles. The van der Waals surface area contributed by atoms with Gasteiger partial charge < -0.3 is 9.89 Å². The Kier molecular flexibility index (Phi) is 9.60. The van der Waals surface area contributed by atoms with Gasteiger partial charge in [0.05, 0.1) is 0 Å². The summed E-state index contributed by atoms with van der Waals surface area (Å²) < 4.78 is 0. The van der Waals surface area contributed by atoms with Gasteiger partial charge in [-0.25, -0.2) is 0 Å². The molecule has 0 unspecified atom stereocenters. The van der Waals surface area contributed by atoms with E-state index in [2.05, 4.69) is 78.4 Å². The average Bonchev–Trinajstić information content (AvgIpc) is 2.36. The van der Waals surface area contributed by atoms with Gasteiger partial charge in [-0.3, -0.25) is 0 Å². The van der Waals surface area contributed by atoms with Gasteiger partial charge in [0.2, 0.25) is 0 Å². The molecular formula is C15H23ClN2Pt-. The Labute approximate surface area is 133 Å². The SMILES string of the molecule is CN(C)CCN=Cc1[c-]cc(C(C)(C)C)cc1.[Cl][Pt]. The number of likely N-dealkylation sites (N-methyl/N-ethyl adjacent to an activating group) is 1. The van der Waals surface area contributed by atoms with Gasteiger partial charge in [-0.05, 0) is 19.5 Å². The first-order valence-corrected chi connectivity index (χ1v) is 9.00. The van der Waals surface area contributed by atoms with Crippen molar-refractivity contribution in [3.63, 3.8) is 0 Å². The van der Waals surface area contributed by atoms with Crippen LogP contribution >= 0.6 is 9.42 Å². The summed E-state index contributed by atoms with van der Waals surface area (Å²) >= 11 is 1.61. The minimum atomic E-state index is 0.192. The molecule has 0 fully saturated rings. The maximum absolute atomic E-state index is 4.61. The fourth-order valence-electron chi connectivity index (χ4n) is 1.40. The Bertz CT molecular complexity index is 367. The van der Waals surface area contributed by atoms with Gasteiger partial charge in [0.15, 0.2) is 0 Å². The molecule has 19 heavy (non-hydrogen) atoms. The predicted octanol–water partition coefficient (Wildman–Crippen LogP) is 3.45. The summed E-state index contributed by atoms with van der Waals surface area (Å²) in [5.74, 6) is 0. The number of benzene rings is 1. The van der Waals surface area contributed by atoms with Crippen LogP contribution in [0.5, 0.6) is 0 Å². The molecule has 0 heterocycles. The second kappa shape index (κ2) is 9.69. The Morgan fingerprint density at radius 1 is 1.32 bits per heavy atom. The molecule has 0 bridgehead atoms. The molecule has 0 saturated carbocycles. The van der Waals surface area contributed by atoms with E-state index in [1.807, 2.05) is 6.21 Å². The van der Waals surface area contributed by atoms with E-state index in [0.29, 0.717) is 0 Å². The number of nitrogens with zero attached hydrogens (tertiary/aromatic N) is 2. The second-order valence-electron chi connectivity index (χ2n) is 5.62. The van der Waals surface area contributed by atoms with Crippen molar-refractivity contribution in [3.8, 4) is 0 Å². The molecule has 111 valence electrons. The fourth-order valence-corrected chi connectivity index (χ4v) is 1.40. The zero-order chi connectivity index (χ0) is 14.9. The van der Waals surface area contributed by atoms with Crippen LogP contribution in [0.4, 0.5) is 0 Å². The first kappa shape index (κ1) is 18.8. The van der Waals surface area contributed by atoms with Gasteiger partial charge >= 0.3 is 28.2 Å². The van der Waals surface area contributed by atoms with Crippen LogP contribution < -0.4 is 0 Å². The molecule has 0 aliphatic carbocycles. The summed E-state index contributed by atoms with van der Waals surface area (Å²) in [7, 11) is 8.72. The van der Waals surface area contributed by atoms with E-state index in [1.165, 1.54) is 5.56 Å². The summed E-state index contributed by atoms with van der Waals surface area (Å²) in [4.78, 5) is 6.50. The van der Waals surface area contributed by atoms with E-state index < -0.39 is 0 Å². The van der Waals surface area contributed by atoms with E-state index in [4.69, 9.17) is 0 Å². The first-order valence-electron chi connectivity index (χ1n) is 6.18. The average molecular weight is 462 g/mol. The standard InChI is InChI=1S/C15H23N2.ClH.Pt/c1-15(2,3)14-8-6-13(7-9-14)12-16-10-11-17(4)5;;/h6,8-9,12H,10-11H2,1-5H3;1H;/q-1;;+1/p-1. The van der Waals surface area contributed by atoms with Gasteiger partial charge in [0, 0.05) is 13.1 Å². The van der Waals surface area contributed by atoms with Crippen molar-refractivity contribution in [2.24, 2.45) is 4.99 Å². The second-order valence-corrected chi connectivity index (χ2v) is 5.62. The normalized spacial score (nSPS) is 11.6. The Balaban J connectivity index is 0.00000154. The van der Waals surface area contributed by atoms with E-state index in [-0.39, 0.29) is 5.41 Å². The summed E-state index contributed by atoms with van der Waals surface area (Å²) in [5, 5.41) is 0. The van der Waals surface area contributed by atoms with Gasteiger partial charge in [0.1, 0.15) is 0 Å². The molecule has 0 saturated heterocycles. The van der Waals surface area contributed by atoms with Crippen LogP contribution in [0.15, 0.2) is 23.2 Å². The van der Waals surface area contributed by atoms with Gasteiger partial charge in [-0.1, -0.05) is 27.0 Å². The molecule has 0 amide bonds. The van der Waals surface area contributed by atoms with Crippen LogP contribution in [0.1, 0.15) is 31.9 Å². The summed E-state index contributed by atoms with van der Waals surface area (Å²) in [5.41, 5.74) is 2.55. The van der Waals surface area contributed by atoms with Gasteiger partial charge in [0.25, 0.3) is 0 Å². The zero-order valence-corrected chi connectivity index (χ0v) is 15.3. The summed E-state index contributed by atoms with van der Waals surface area (Å²) in [6, 6.07) is 9.57. The molecule has 0 N–H and O–H groups in total. The van der Waals surface area contributed by atoms with Crippen LogP contribution in [-0.2, 0) is 24.2 Å². The molecule has 0 atom stereocenters. The molecule has 0 aliphatic rings. The van der Waals surface area contributed by atoms with Crippen LogP contribution in [0.25, 0.3) is 0 Å². The molecule has 0 spiro atoms. The van der Waals surface area contributed by atoms with Gasteiger partial charge in [-0.2, -0.15) is 0 Å². The predicted molar refractivity (Wildman–Crippen MR) is 80.8 cm³/mol. The van der Waals surface area contributed by atoms with E-state index in [9.17, 15) is 0 Å². The molecular weight excluding hydrogens is 439 g/mol. The monoisotopic (exact) mass is 461 g/mol. The minimum absolute atomic E-state index is 0.192. The third-order valence-electron chi connectivity index (χ3n) is 2.61. The van der Waals surface area contributed by atoms with E-state index in [1.54, 1.807) is 18.8 Å². The van der Waals surface area contributed by atoms with Crippen molar-refractivity contribution in [2.45, 2.75) is 26.2 Å². The van der Waals surface area contributed by atoms with Crippen molar-refractivity contribution in [3.05, 3.63) is 35.4 Å². The number of hydrogen-bond acceptors (Lipinski definition) is 2. The maximum atomic E-state index is 4.61. The number of aliphatic imine (C=N–C) groups is 1. The van der Waals surface area contributed by atoms with Crippen molar-refractivity contribution in [2.75, 3.05) is 27.2 Å². The van der Waals surface area contributed by atoms with Crippen LogP contribution in [0, 0.1) is 6.07 Å². The number of halogens is 1.